The van der Waals surface area contributed by atoms with Gasteiger partial charge in [0.15, 0.2) is 5.96 Å². The summed E-state index contributed by atoms with van der Waals surface area (Å²) in [4.78, 5) is 11.6. The van der Waals surface area contributed by atoms with E-state index in [-0.39, 0.29) is 29.8 Å². The maximum atomic E-state index is 13.1. The first-order valence-electron chi connectivity index (χ1n) is 11.0. The van der Waals surface area contributed by atoms with Crippen LogP contribution in [-0.4, -0.2) is 54.6 Å². The van der Waals surface area contributed by atoms with Gasteiger partial charge < -0.3 is 20.0 Å². The summed E-state index contributed by atoms with van der Waals surface area (Å²) in [5.74, 6) is 1.06. The molecule has 8 heteroatoms. The third kappa shape index (κ3) is 9.99. The highest BCUT2D eigenvalue weighted by molar-refractivity contribution is 14.0. The highest BCUT2D eigenvalue weighted by Gasteiger charge is 2.09. The van der Waals surface area contributed by atoms with Crippen molar-refractivity contribution in [2.45, 2.75) is 53.0 Å². The van der Waals surface area contributed by atoms with E-state index in [0.717, 1.165) is 49.8 Å². The van der Waals surface area contributed by atoms with Gasteiger partial charge in [-0.1, -0.05) is 13.8 Å². The standard InChI is InChI=1S/C23H36FN5O.HI/c1-5-25-23(27-18(4)9-8-16-29(6-2)7-3)26-15-14-21-17-30-22(28-21)19-10-12-20(24)13-11-19;/h10-13,17-18H,5-9,14-16H2,1-4H3,(H2,25,26,27);1H. The van der Waals surface area contributed by atoms with Gasteiger partial charge in [-0.15, -0.1) is 24.0 Å². The maximum absolute atomic E-state index is 13.1. The summed E-state index contributed by atoms with van der Waals surface area (Å²) in [6.45, 7) is 13.4. The van der Waals surface area contributed by atoms with E-state index in [1.54, 1.807) is 18.4 Å². The lowest BCUT2D eigenvalue weighted by molar-refractivity contribution is 0.292. The van der Waals surface area contributed by atoms with Crippen molar-refractivity contribution in [1.29, 1.82) is 0 Å². The minimum atomic E-state index is -0.273. The number of nitrogens with one attached hydrogen (secondary N) is 2. The van der Waals surface area contributed by atoms with Gasteiger partial charge in [0.1, 0.15) is 12.1 Å². The molecule has 2 aromatic rings. The second kappa shape index (κ2) is 15.2. The molecule has 0 aliphatic heterocycles. The molecule has 0 aliphatic rings. The molecule has 2 N–H and O–H groups in total. The van der Waals surface area contributed by atoms with Crippen LogP contribution in [0.1, 0.15) is 46.2 Å². The smallest absolute Gasteiger partial charge is 0.226 e. The summed E-state index contributed by atoms with van der Waals surface area (Å²) >= 11 is 0. The van der Waals surface area contributed by atoms with E-state index in [1.807, 2.05) is 0 Å². The van der Waals surface area contributed by atoms with E-state index in [2.05, 4.69) is 53.2 Å². The summed E-state index contributed by atoms with van der Waals surface area (Å²) in [5, 5.41) is 6.80. The number of rotatable bonds is 12. The van der Waals surface area contributed by atoms with Crippen molar-refractivity contribution in [3.63, 3.8) is 0 Å². The predicted molar refractivity (Wildman–Crippen MR) is 137 cm³/mol. The number of benzene rings is 1. The quantitative estimate of drug-likeness (QED) is 0.230. The van der Waals surface area contributed by atoms with Crippen LogP contribution < -0.4 is 10.6 Å². The van der Waals surface area contributed by atoms with Crippen molar-refractivity contribution < 1.29 is 8.81 Å². The van der Waals surface area contributed by atoms with Crippen LogP contribution in [0.15, 0.2) is 39.9 Å². The van der Waals surface area contributed by atoms with Crippen molar-refractivity contribution in [2.75, 3.05) is 32.7 Å². The van der Waals surface area contributed by atoms with Crippen LogP contribution in [0.25, 0.3) is 11.5 Å². The molecule has 0 amide bonds. The number of aliphatic imine (C=N–C) groups is 1. The molecule has 1 unspecified atom stereocenters. The van der Waals surface area contributed by atoms with Crippen LogP contribution in [-0.2, 0) is 6.42 Å². The monoisotopic (exact) mass is 545 g/mol. The van der Waals surface area contributed by atoms with Gasteiger partial charge in [0.25, 0.3) is 0 Å². The molecule has 0 radical (unpaired) electrons. The molecule has 2 rings (SSSR count). The van der Waals surface area contributed by atoms with E-state index >= 15 is 0 Å². The molecular weight excluding hydrogens is 508 g/mol. The molecule has 174 valence electrons. The molecule has 6 nitrogen and oxygen atoms in total. The van der Waals surface area contributed by atoms with Gasteiger partial charge in [0.05, 0.1) is 5.69 Å². The molecule has 1 aromatic carbocycles. The number of halogens is 2. The minimum Gasteiger partial charge on any atom is -0.444 e. The SMILES string of the molecule is CCNC(=NCCc1coc(-c2ccc(F)cc2)n1)NC(C)CCCN(CC)CC.I. The molecular formula is C23H37FIN5O. The van der Waals surface area contributed by atoms with Crippen LogP contribution in [0, 0.1) is 5.82 Å². The lowest BCUT2D eigenvalue weighted by atomic mass is 10.2. The van der Waals surface area contributed by atoms with Gasteiger partial charge in [-0.25, -0.2) is 9.37 Å². The van der Waals surface area contributed by atoms with Crippen LogP contribution in [0.4, 0.5) is 4.39 Å². The summed E-state index contributed by atoms with van der Waals surface area (Å²) in [7, 11) is 0. The Hall–Kier alpha value is -1.68. The number of aromatic nitrogens is 1. The van der Waals surface area contributed by atoms with Crippen LogP contribution in [0.3, 0.4) is 0 Å². The molecule has 1 aromatic heterocycles. The zero-order valence-corrected chi connectivity index (χ0v) is 21.5. The fraction of sp³-hybridized carbons (Fsp3) is 0.565. The Morgan fingerprint density at radius 1 is 1.19 bits per heavy atom. The molecule has 0 aliphatic carbocycles. The Morgan fingerprint density at radius 3 is 2.55 bits per heavy atom. The largest absolute Gasteiger partial charge is 0.444 e. The summed E-state index contributed by atoms with van der Waals surface area (Å²) in [6, 6.07) is 6.49. The van der Waals surface area contributed by atoms with E-state index in [9.17, 15) is 4.39 Å². The number of nitrogens with zero attached hydrogens (tertiary/aromatic N) is 3. The highest BCUT2D eigenvalue weighted by Crippen LogP contribution is 2.19. The van der Waals surface area contributed by atoms with E-state index in [4.69, 9.17) is 4.42 Å². The van der Waals surface area contributed by atoms with Gasteiger partial charge in [0.2, 0.25) is 5.89 Å². The molecule has 0 fully saturated rings. The third-order valence-corrected chi connectivity index (χ3v) is 5.01. The second-order valence-electron chi connectivity index (χ2n) is 7.38. The van der Waals surface area contributed by atoms with E-state index in [1.165, 1.54) is 18.6 Å². The topological polar surface area (TPSA) is 65.7 Å². The highest BCUT2D eigenvalue weighted by atomic mass is 127. The van der Waals surface area contributed by atoms with Crippen LogP contribution >= 0.6 is 24.0 Å². The van der Waals surface area contributed by atoms with Crippen molar-refractivity contribution >= 4 is 29.9 Å². The van der Waals surface area contributed by atoms with Crippen molar-refractivity contribution in [2.24, 2.45) is 4.99 Å². The first-order valence-corrected chi connectivity index (χ1v) is 11.0. The molecule has 31 heavy (non-hydrogen) atoms. The van der Waals surface area contributed by atoms with Gasteiger partial charge in [-0.2, -0.15) is 0 Å². The Morgan fingerprint density at radius 2 is 1.90 bits per heavy atom. The third-order valence-electron chi connectivity index (χ3n) is 5.01. The number of hydrogen-bond acceptors (Lipinski definition) is 4. The average molecular weight is 545 g/mol. The normalized spacial score (nSPS) is 12.5. The predicted octanol–water partition coefficient (Wildman–Crippen LogP) is 4.71. The Kier molecular flexibility index (Phi) is 13.4. The fourth-order valence-electron chi connectivity index (χ4n) is 3.22. The van der Waals surface area contributed by atoms with Gasteiger partial charge in [-0.05, 0) is 70.6 Å². The minimum absolute atomic E-state index is 0. The fourth-order valence-corrected chi connectivity index (χ4v) is 3.22. The summed E-state index contributed by atoms with van der Waals surface area (Å²) in [6.07, 6.45) is 4.59. The van der Waals surface area contributed by atoms with Crippen LogP contribution in [0.2, 0.25) is 0 Å². The number of oxazole rings is 1. The van der Waals surface area contributed by atoms with Gasteiger partial charge in [0, 0.05) is 31.1 Å². The molecule has 0 saturated heterocycles. The Balaban J connectivity index is 0.00000480. The Bertz CT molecular complexity index is 762. The molecule has 0 saturated carbocycles. The number of hydrogen-bond donors (Lipinski definition) is 2. The summed E-state index contributed by atoms with van der Waals surface area (Å²) in [5.41, 5.74) is 1.60. The lowest BCUT2D eigenvalue weighted by Gasteiger charge is -2.21. The molecule has 0 bridgehead atoms. The first kappa shape index (κ1) is 27.4. The van der Waals surface area contributed by atoms with Gasteiger partial charge in [-0.3, -0.25) is 4.99 Å². The zero-order chi connectivity index (χ0) is 21.8. The van der Waals surface area contributed by atoms with Crippen molar-refractivity contribution in [1.82, 2.24) is 20.5 Å². The molecule has 0 spiro atoms. The van der Waals surface area contributed by atoms with E-state index in [0.29, 0.717) is 24.9 Å². The zero-order valence-electron chi connectivity index (χ0n) is 19.2. The molecule has 1 atom stereocenters. The van der Waals surface area contributed by atoms with Crippen molar-refractivity contribution in [3.05, 3.63) is 42.0 Å². The van der Waals surface area contributed by atoms with Gasteiger partial charge >= 0.3 is 0 Å². The maximum Gasteiger partial charge on any atom is 0.226 e. The van der Waals surface area contributed by atoms with Crippen molar-refractivity contribution in [3.8, 4) is 11.5 Å². The lowest BCUT2D eigenvalue weighted by Crippen LogP contribution is -2.42. The second-order valence-corrected chi connectivity index (χ2v) is 7.38. The summed E-state index contributed by atoms with van der Waals surface area (Å²) < 4.78 is 18.6. The Labute approximate surface area is 203 Å². The molecule has 1 heterocycles. The number of guanidine groups is 1. The van der Waals surface area contributed by atoms with Crippen LogP contribution in [0.5, 0.6) is 0 Å². The average Bonchev–Trinajstić information content (AvgIpc) is 3.21. The van der Waals surface area contributed by atoms with E-state index < -0.39 is 0 Å². The first-order chi connectivity index (χ1) is 14.5.